The number of amides is 2. The van der Waals surface area contributed by atoms with Crippen LogP contribution in [0.2, 0.25) is 0 Å². The predicted molar refractivity (Wildman–Crippen MR) is 135 cm³/mol. The molecule has 35 heavy (non-hydrogen) atoms. The fourth-order valence-corrected chi connectivity index (χ4v) is 4.09. The maximum absolute atomic E-state index is 13.2. The number of carbonyl (C=O) groups excluding carboxylic acids is 3. The molecule has 0 aliphatic rings. The molecular formula is C25H27N5O4S. The number of ether oxygens (including phenoxy) is 1. The molecule has 0 aliphatic heterocycles. The molecule has 1 heterocycles. The molecule has 1 unspecified atom stereocenters. The highest BCUT2D eigenvalue weighted by molar-refractivity contribution is 7.09. The predicted octanol–water partition coefficient (Wildman–Crippen LogP) is 3.34. The van der Waals surface area contributed by atoms with Crippen molar-refractivity contribution in [3.8, 4) is 0 Å². The van der Waals surface area contributed by atoms with Crippen LogP contribution in [0.5, 0.6) is 0 Å². The molecule has 0 aliphatic carbocycles. The van der Waals surface area contributed by atoms with Gasteiger partial charge in [0.05, 0.1) is 6.61 Å². The van der Waals surface area contributed by atoms with E-state index in [1.165, 1.54) is 16.2 Å². The van der Waals surface area contributed by atoms with Crippen molar-refractivity contribution in [1.29, 1.82) is 5.41 Å². The SMILES string of the molecule is CCOC(=O)C(CNC(=O)CCC(=O)N(c1ccccc1)c1ccc(C(=N)N)cc1)c1nccs1. The Hall–Kier alpha value is -4.05. The van der Waals surface area contributed by atoms with E-state index in [1.807, 2.05) is 18.2 Å². The molecule has 0 fully saturated rings. The first-order valence-corrected chi connectivity index (χ1v) is 11.9. The summed E-state index contributed by atoms with van der Waals surface area (Å²) in [5.41, 5.74) is 7.33. The number of aromatic nitrogens is 1. The molecule has 0 saturated carbocycles. The first kappa shape index (κ1) is 25.6. The summed E-state index contributed by atoms with van der Waals surface area (Å²) in [6.45, 7) is 1.98. The fourth-order valence-electron chi connectivity index (χ4n) is 3.36. The van der Waals surface area contributed by atoms with Gasteiger partial charge in [-0.05, 0) is 43.3 Å². The summed E-state index contributed by atoms with van der Waals surface area (Å²) in [6, 6.07) is 15.8. The Kier molecular flexibility index (Phi) is 9.08. The number of nitrogens with one attached hydrogen (secondary N) is 2. The highest BCUT2D eigenvalue weighted by Crippen LogP contribution is 2.27. The Bertz CT molecular complexity index is 1150. The standard InChI is InChI=1S/C25H27N5O4S/c1-2-34-25(33)20(24-28-14-15-35-24)16-29-21(31)12-13-22(32)30(18-6-4-3-5-7-18)19-10-8-17(9-11-19)23(26)27/h3-11,14-15,20H,2,12-13,16H2,1H3,(H3,26,27)(H,29,31). The molecule has 2 amide bonds. The van der Waals surface area contributed by atoms with Crippen molar-refractivity contribution in [2.75, 3.05) is 18.1 Å². The number of amidine groups is 1. The van der Waals surface area contributed by atoms with E-state index >= 15 is 0 Å². The van der Waals surface area contributed by atoms with Gasteiger partial charge in [0.15, 0.2) is 0 Å². The minimum Gasteiger partial charge on any atom is -0.465 e. The molecule has 0 radical (unpaired) electrons. The molecule has 1 aromatic heterocycles. The number of hydrogen-bond donors (Lipinski definition) is 3. The highest BCUT2D eigenvalue weighted by Gasteiger charge is 2.25. The lowest BCUT2D eigenvalue weighted by Gasteiger charge is -2.23. The number of nitrogen functional groups attached to an aromatic ring is 1. The van der Waals surface area contributed by atoms with Crippen molar-refractivity contribution < 1.29 is 19.1 Å². The average Bonchev–Trinajstić information content (AvgIpc) is 3.39. The lowest BCUT2D eigenvalue weighted by atomic mass is 10.1. The Morgan fingerprint density at radius 1 is 1.09 bits per heavy atom. The van der Waals surface area contributed by atoms with Crippen LogP contribution < -0.4 is 16.0 Å². The van der Waals surface area contributed by atoms with Crippen molar-refractivity contribution in [3.63, 3.8) is 0 Å². The highest BCUT2D eigenvalue weighted by atomic mass is 32.1. The van der Waals surface area contributed by atoms with E-state index < -0.39 is 11.9 Å². The number of carbonyl (C=O) groups is 3. The summed E-state index contributed by atoms with van der Waals surface area (Å²) in [4.78, 5) is 43.7. The van der Waals surface area contributed by atoms with Crippen LogP contribution in [-0.4, -0.2) is 41.8 Å². The van der Waals surface area contributed by atoms with E-state index in [9.17, 15) is 14.4 Å². The smallest absolute Gasteiger partial charge is 0.317 e. The number of para-hydroxylation sites is 1. The third-order valence-corrected chi connectivity index (χ3v) is 5.98. The van der Waals surface area contributed by atoms with Crippen molar-refractivity contribution in [2.45, 2.75) is 25.7 Å². The van der Waals surface area contributed by atoms with Crippen LogP contribution in [0.3, 0.4) is 0 Å². The second-order valence-corrected chi connectivity index (χ2v) is 8.43. The van der Waals surface area contributed by atoms with Crippen LogP contribution in [0.4, 0.5) is 11.4 Å². The third-order valence-electron chi connectivity index (χ3n) is 5.09. The molecule has 3 rings (SSSR count). The Morgan fingerprint density at radius 2 is 1.77 bits per heavy atom. The number of anilines is 2. The first-order chi connectivity index (χ1) is 16.9. The molecule has 0 spiro atoms. The summed E-state index contributed by atoms with van der Waals surface area (Å²) in [6.07, 6.45) is 1.49. The van der Waals surface area contributed by atoms with Crippen LogP contribution in [0.15, 0.2) is 66.2 Å². The molecule has 10 heteroatoms. The Labute approximate surface area is 207 Å². The lowest BCUT2D eigenvalue weighted by molar-refractivity contribution is -0.145. The number of hydrogen-bond acceptors (Lipinski definition) is 7. The molecule has 0 bridgehead atoms. The summed E-state index contributed by atoms with van der Waals surface area (Å²) >= 11 is 1.31. The zero-order valence-corrected chi connectivity index (χ0v) is 20.1. The van der Waals surface area contributed by atoms with Gasteiger partial charge in [-0.2, -0.15) is 0 Å². The normalized spacial score (nSPS) is 11.3. The molecule has 3 aromatic rings. The van der Waals surface area contributed by atoms with Gasteiger partial charge in [0.2, 0.25) is 11.8 Å². The van der Waals surface area contributed by atoms with E-state index in [0.29, 0.717) is 21.9 Å². The van der Waals surface area contributed by atoms with Gasteiger partial charge in [-0.3, -0.25) is 24.7 Å². The van der Waals surface area contributed by atoms with Crippen molar-refractivity contribution in [2.24, 2.45) is 5.73 Å². The Morgan fingerprint density at radius 3 is 2.37 bits per heavy atom. The van der Waals surface area contributed by atoms with Gasteiger partial charge in [0.1, 0.15) is 16.8 Å². The largest absolute Gasteiger partial charge is 0.465 e. The van der Waals surface area contributed by atoms with Gasteiger partial charge < -0.3 is 15.8 Å². The maximum Gasteiger partial charge on any atom is 0.317 e. The molecule has 9 nitrogen and oxygen atoms in total. The second kappa shape index (κ2) is 12.4. The molecule has 1 atom stereocenters. The van der Waals surface area contributed by atoms with Crippen molar-refractivity contribution in [3.05, 3.63) is 76.7 Å². The van der Waals surface area contributed by atoms with E-state index in [0.717, 1.165) is 0 Å². The summed E-state index contributed by atoms with van der Waals surface area (Å²) < 4.78 is 5.11. The first-order valence-electron chi connectivity index (χ1n) is 11.1. The van der Waals surface area contributed by atoms with Crippen LogP contribution in [0.25, 0.3) is 0 Å². The minimum atomic E-state index is -0.699. The van der Waals surface area contributed by atoms with Crippen LogP contribution in [0, 0.1) is 5.41 Å². The number of esters is 1. The average molecular weight is 494 g/mol. The number of benzene rings is 2. The quantitative estimate of drug-likeness (QED) is 0.213. The van der Waals surface area contributed by atoms with Gasteiger partial charge in [-0.15, -0.1) is 11.3 Å². The number of nitrogens with two attached hydrogens (primary N) is 1. The second-order valence-electron chi connectivity index (χ2n) is 7.50. The van der Waals surface area contributed by atoms with Crippen LogP contribution in [-0.2, 0) is 19.1 Å². The van der Waals surface area contributed by atoms with Gasteiger partial charge >= 0.3 is 5.97 Å². The van der Waals surface area contributed by atoms with E-state index in [-0.39, 0.29) is 43.6 Å². The molecular weight excluding hydrogens is 466 g/mol. The topological polar surface area (TPSA) is 138 Å². The zero-order valence-electron chi connectivity index (χ0n) is 19.3. The number of nitrogens with zero attached hydrogens (tertiary/aromatic N) is 2. The molecule has 2 aromatic carbocycles. The molecule has 4 N–H and O–H groups in total. The van der Waals surface area contributed by atoms with E-state index in [4.69, 9.17) is 15.9 Å². The van der Waals surface area contributed by atoms with Crippen molar-refractivity contribution in [1.82, 2.24) is 10.3 Å². The number of rotatable bonds is 11. The Balaban J connectivity index is 1.66. The lowest BCUT2D eigenvalue weighted by Crippen LogP contribution is -2.34. The van der Waals surface area contributed by atoms with Crippen LogP contribution in [0.1, 0.15) is 36.3 Å². The summed E-state index contributed by atoms with van der Waals surface area (Å²) in [5, 5.41) is 12.6. The molecule has 0 saturated heterocycles. The number of thiazole rings is 1. The van der Waals surface area contributed by atoms with Gasteiger partial charge in [0.25, 0.3) is 0 Å². The molecule has 182 valence electrons. The van der Waals surface area contributed by atoms with Crippen LogP contribution >= 0.6 is 11.3 Å². The van der Waals surface area contributed by atoms with E-state index in [1.54, 1.807) is 54.9 Å². The monoisotopic (exact) mass is 493 g/mol. The summed E-state index contributed by atoms with van der Waals surface area (Å²) in [5.74, 6) is -1.85. The fraction of sp³-hybridized carbons (Fsp3) is 0.240. The van der Waals surface area contributed by atoms with Crippen molar-refractivity contribution >= 4 is 46.3 Å². The minimum absolute atomic E-state index is 0.0360. The maximum atomic E-state index is 13.2. The van der Waals surface area contributed by atoms with E-state index in [2.05, 4.69) is 10.3 Å². The van der Waals surface area contributed by atoms with Gasteiger partial charge in [-0.25, -0.2) is 4.98 Å². The zero-order chi connectivity index (χ0) is 25.2. The third kappa shape index (κ3) is 6.97. The summed E-state index contributed by atoms with van der Waals surface area (Å²) in [7, 11) is 0. The van der Waals surface area contributed by atoms with Gasteiger partial charge in [0, 0.05) is 47.9 Å². The van der Waals surface area contributed by atoms with Gasteiger partial charge in [-0.1, -0.05) is 18.2 Å².